The van der Waals surface area contributed by atoms with Gasteiger partial charge in [-0.05, 0) is 61.1 Å². The van der Waals surface area contributed by atoms with E-state index in [-0.39, 0.29) is 5.91 Å². The third-order valence-corrected chi connectivity index (χ3v) is 3.71. The van der Waals surface area contributed by atoms with Gasteiger partial charge in [-0.15, -0.1) is 0 Å². The fourth-order valence-electron chi connectivity index (χ4n) is 2.34. The van der Waals surface area contributed by atoms with E-state index in [1.165, 1.54) is 11.1 Å². The lowest BCUT2D eigenvalue weighted by molar-refractivity contribution is 0.102. The molecule has 0 bridgehead atoms. The van der Waals surface area contributed by atoms with Crippen molar-refractivity contribution in [2.24, 2.45) is 5.92 Å². The fraction of sp³-hybridized carbons (Fsp3) is 0.316. The minimum Gasteiger partial charge on any atom is -0.322 e. The SMILES string of the molecule is Cc1cccc(NC(=O)c2ccc(CC(C)C)cc2)c1C. The average molecular weight is 281 g/mol. The van der Waals surface area contributed by atoms with Gasteiger partial charge >= 0.3 is 0 Å². The number of hydrogen-bond acceptors (Lipinski definition) is 1. The van der Waals surface area contributed by atoms with Crippen molar-refractivity contribution in [2.45, 2.75) is 34.1 Å². The first-order valence-electron chi connectivity index (χ1n) is 7.44. The summed E-state index contributed by atoms with van der Waals surface area (Å²) in [6.45, 7) is 8.46. The predicted octanol–water partition coefficient (Wildman–Crippen LogP) is 4.75. The minimum absolute atomic E-state index is 0.0557. The summed E-state index contributed by atoms with van der Waals surface area (Å²) in [4.78, 5) is 12.3. The van der Waals surface area contributed by atoms with Crippen LogP contribution in [0.1, 0.15) is 40.9 Å². The maximum absolute atomic E-state index is 12.3. The molecule has 0 fully saturated rings. The zero-order valence-electron chi connectivity index (χ0n) is 13.2. The Morgan fingerprint density at radius 1 is 1.05 bits per heavy atom. The molecule has 1 amide bonds. The summed E-state index contributed by atoms with van der Waals surface area (Å²) in [6.07, 6.45) is 1.04. The van der Waals surface area contributed by atoms with E-state index < -0.39 is 0 Å². The Hall–Kier alpha value is -2.09. The van der Waals surface area contributed by atoms with E-state index in [2.05, 4.69) is 19.2 Å². The summed E-state index contributed by atoms with van der Waals surface area (Å²) in [5.74, 6) is 0.569. The Balaban J connectivity index is 2.11. The third-order valence-electron chi connectivity index (χ3n) is 3.71. The van der Waals surface area contributed by atoms with Crippen molar-refractivity contribution in [2.75, 3.05) is 5.32 Å². The highest BCUT2D eigenvalue weighted by Crippen LogP contribution is 2.19. The molecule has 2 heteroatoms. The minimum atomic E-state index is -0.0557. The van der Waals surface area contributed by atoms with Crippen LogP contribution in [0.5, 0.6) is 0 Å². The number of amides is 1. The van der Waals surface area contributed by atoms with E-state index in [4.69, 9.17) is 0 Å². The van der Waals surface area contributed by atoms with Gasteiger partial charge in [0.05, 0.1) is 0 Å². The van der Waals surface area contributed by atoms with Gasteiger partial charge < -0.3 is 5.32 Å². The summed E-state index contributed by atoms with van der Waals surface area (Å²) in [5, 5.41) is 2.99. The lowest BCUT2D eigenvalue weighted by Crippen LogP contribution is -2.13. The molecule has 21 heavy (non-hydrogen) atoms. The first kappa shape index (κ1) is 15.3. The number of rotatable bonds is 4. The molecule has 0 saturated heterocycles. The number of benzene rings is 2. The summed E-state index contributed by atoms with van der Waals surface area (Å²) < 4.78 is 0. The molecule has 0 spiro atoms. The Labute approximate surface area is 127 Å². The quantitative estimate of drug-likeness (QED) is 0.860. The van der Waals surface area contributed by atoms with Crippen LogP contribution in [0.2, 0.25) is 0 Å². The molecule has 2 rings (SSSR count). The summed E-state index contributed by atoms with van der Waals surface area (Å²) >= 11 is 0. The van der Waals surface area contributed by atoms with Crippen molar-refractivity contribution in [1.29, 1.82) is 0 Å². The first-order valence-corrected chi connectivity index (χ1v) is 7.44. The van der Waals surface area contributed by atoms with Crippen LogP contribution in [0, 0.1) is 19.8 Å². The van der Waals surface area contributed by atoms with Crippen molar-refractivity contribution in [3.8, 4) is 0 Å². The Kier molecular flexibility index (Phi) is 4.79. The van der Waals surface area contributed by atoms with Gasteiger partial charge in [-0.25, -0.2) is 0 Å². The smallest absolute Gasteiger partial charge is 0.255 e. The lowest BCUT2D eigenvalue weighted by Gasteiger charge is -2.11. The molecule has 110 valence electrons. The van der Waals surface area contributed by atoms with E-state index >= 15 is 0 Å². The van der Waals surface area contributed by atoms with Gasteiger partial charge in [-0.2, -0.15) is 0 Å². The number of hydrogen-bond donors (Lipinski definition) is 1. The number of aryl methyl sites for hydroxylation is 1. The number of anilines is 1. The number of carbonyl (C=O) groups is 1. The van der Waals surface area contributed by atoms with Gasteiger partial charge in [-0.1, -0.05) is 38.1 Å². The van der Waals surface area contributed by atoms with E-state index in [0.717, 1.165) is 17.7 Å². The summed E-state index contributed by atoms with van der Waals surface area (Å²) in [7, 11) is 0. The molecule has 0 aromatic heterocycles. The molecule has 0 saturated carbocycles. The normalized spacial score (nSPS) is 10.7. The summed E-state index contributed by atoms with van der Waals surface area (Å²) in [5.41, 5.74) is 5.14. The van der Waals surface area contributed by atoms with E-state index in [0.29, 0.717) is 11.5 Å². The molecular weight excluding hydrogens is 258 g/mol. The zero-order valence-corrected chi connectivity index (χ0v) is 13.2. The Bertz CT molecular complexity index is 627. The molecule has 0 aliphatic rings. The Morgan fingerprint density at radius 3 is 2.33 bits per heavy atom. The van der Waals surface area contributed by atoms with Gasteiger partial charge in [0.2, 0.25) is 0 Å². The topological polar surface area (TPSA) is 29.1 Å². The van der Waals surface area contributed by atoms with Crippen LogP contribution >= 0.6 is 0 Å². The standard InChI is InChI=1S/C19H23NO/c1-13(2)12-16-8-10-17(11-9-16)19(21)20-18-7-5-6-14(3)15(18)4/h5-11,13H,12H2,1-4H3,(H,20,21). The number of carbonyl (C=O) groups excluding carboxylic acids is 1. The monoisotopic (exact) mass is 281 g/mol. The number of nitrogens with one attached hydrogen (secondary N) is 1. The second-order valence-electron chi connectivity index (χ2n) is 6.00. The lowest BCUT2D eigenvalue weighted by atomic mass is 10.0. The maximum atomic E-state index is 12.3. The highest BCUT2D eigenvalue weighted by atomic mass is 16.1. The van der Waals surface area contributed by atoms with Gasteiger partial charge in [0.25, 0.3) is 5.91 Å². The molecule has 1 N–H and O–H groups in total. The highest BCUT2D eigenvalue weighted by Gasteiger charge is 2.08. The second-order valence-corrected chi connectivity index (χ2v) is 6.00. The molecule has 0 atom stereocenters. The molecular formula is C19H23NO. The average Bonchev–Trinajstić information content (AvgIpc) is 2.44. The van der Waals surface area contributed by atoms with Crippen LogP contribution in [0.3, 0.4) is 0 Å². The van der Waals surface area contributed by atoms with Crippen molar-refractivity contribution < 1.29 is 4.79 Å². The molecule has 0 aliphatic carbocycles. The van der Waals surface area contributed by atoms with Crippen molar-refractivity contribution in [3.05, 3.63) is 64.7 Å². The zero-order chi connectivity index (χ0) is 15.4. The van der Waals surface area contributed by atoms with Gasteiger partial charge in [0, 0.05) is 11.3 Å². The molecule has 0 unspecified atom stereocenters. The molecule has 2 aromatic carbocycles. The van der Waals surface area contributed by atoms with Crippen LogP contribution < -0.4 is 5.32 Å². The van der Waals surface area contributed by atoms with Gasteiger partial charge in [0.15, 0.2) is 0 Å². The first-order chi connectivity index (χ1) is 9.97. The van der Waals surface area contributed by atoms with Gasteiger partial charge in [0.1, 0.15) is 0 Å². The van der Waals surface area contributed by atoms with Crippen molar-refractivity contribution in [1.82, 2.24) is 0 Å². The molecule has 0 radical (unpaired) electrons. The predicted molar refractivity (Wildman–Crippen MR) is 88.9 cm³/mol. The fourth-order valence-corrected chi connectivity index (χ4v) is 2.34. The van der Waals surface area contributed by atoms with E-state index in [9.17, 15) is 4.79 Å². The van der Waals surface area contributed by atoms with Gasteiger partial charge in [-0.3, -0.25) is 4.79 Å². The molecule has 0 heterocycles. The largest absolute Gasteiger partial charge is 0.322 e. The van der Waals surface area contributed by atoms with Crippen LogP contribution in [-0.4, -0.2) is 5.91 Å². The maximum Gasteiger partial charge on any atom is 0.255 e. The Morgan fingerprint density at radius 2 is 1.71 bits per heavy atom. The molecule has 2 nitrogen and oxygen atoms in total. The molecule has 0 aliphatic heterocycles. The van der Waals surface area contributed by atoms with Crippen molar-refractivity contribution in [3.63, 3.8) is 0 Å². The molecule has 2 aromatic rings. The van der Waals surface area contributed by atoms with Crippen LogP contribution in [0.15, 0.2) is 42.5 Å². The van der Waals surface area contributed by atoms with Crippen LogP contribution in [-0.2, 0) is 6.42 Å². The van der Waals surface area contributed by atoms with E-state index in [1.807, 2.05) is 56.3 Å². The second kappa shape index (κ2) is 6.57. The summed E-state index contributed by atoms with van der Waals surface area (Å²) in [6, 6.07) is 13.8. The van der Waals surface area contributed by atoms with Crippen LogP contribution in [0.4, 0.5) is 5.69 Å². The van der Waals surface area contributed by atoms with Crippen molar-refractivity contribution >= 4 is 11.6 Å². The van der Waals surface area contributed by atoms with E-state index in [1.54, 1.807) is 0 Å². The van der Waals surface area contributed by atoms with Crippen LogP contribution in [0.25, 0.3) is 0 Å². The third kappa shape index (κ3) is 3.94. The highest BCUT2D eigenvalue weighted by molar-refractivity contribution is 6.04.